The van der Waals surface area contributed by atoms with Crippen molar-refractivity contribution < 1.29 is 0 Å². The molecule has 0 atom stereocenters. The van der Waals surface area contributed by atoms with Gasteiger partial charge in [-0.1, -0.05) is 39.0 Å². The van der Waals surface area contributed by atoms with Gasteiger partial charge in [-0.2, -0.15) is 0 Å². The molecule has 0 bridgehead atoms. The van der Waals surface area contributed by atoms with Crippen LogP contribution in [-0.4, -0.2) is 7.05 Å². The van der Waals surface area contributed by atoms with E-state index in [1.54, 1.807) is 5.56 Å². The van der Waals surface area contributed by atoms with E-state index in [0.29, 0.717) is 0 Å². The molecular formula is C13H23N. The Balaban J connectivity index is 0.000000791. The zero-order valence-electron chi connectivity index (χ0n) is 9.93. The Morgan fingerprint density at radius 1 is 0.857 bits per heavy atom. The Kier molecular flexibility index (Phi) is 7.13. The highest BCUT2D eigenvalue weighted by atomic mass is 14.4. The van der Waals surface area contributed by atoms with Gasteiger partial charge in [0.1, 0.15) is 0 Å². The maximum absolute atomic E-state index is 4.50. The average molecular weight is 193 g/mol. The maximum Gasteiger partial charge on any atom is -0.0195 e. The molecule has 1 aromatic rings. The van der Waals surface area contributed by atoms with Crippen molar-refractivity contribution in [1.82, 2.24) is 0 Å². The van der Waals surface area contributed by atoms with Crippen molar-refractivity contribution in [1.29, 1.82) is 0 Å². The van der Waals surface area contributed by atoms with Crippen LogP contribution in [0.2, 0.25) is 0 Å². The molecule has 1 nitrogen and oxygen atoms in total. The number of hydrogen-bond acceptors (Lipinski definition) is 1. The molecule has 1 rings (SSSR count). The summed E-state index contributed by atoms with van der Waals surface area (Å²) < 4.78 is 0. The van der Waals surface area contributed by atoms with E-state index >= 15 is 0 Å². The van der Waals surface area contributed by atoms with Crippen molar-refractivity contribution in [3.63, 3.8) is 0 Å². The number of benzene rings is 1. The van der Waals surface area contributed by atoms with Crippen molar-refractivity contribution in [2.24, 2.45) is 5.73 Å². The Hall–Kier alpha value is -0.820. The van der Waals surface area contributed by atoms with Gasteiger partial charge in [-0.25, -0.2) is 0 Å². The lowest BCUT2D eigenvalue weighted by Crippen LogP contribution is -1.96. The second kappa shape index (κ2) is 7.57. The molecule has 14 heavy (non-hydrogen) atoms. The van der Waals surface area contributed by atoms with Crippen LogP contribution in [0.1, 0.15) is 37.5 Å². The quantitative estimate of drug-likeness (QED) is 0.784. The van der Waals surface area contributed by atoms with Crippen LogP contribution in [0.25, 0.3) is 0 Å². The third kappa shape index (κ3) is 3.15. The molecule has 80 valence electrons. The molecule has 0 amide bonds. The van der Waals surface area contributed by atoms with E-state index in [1.807, 2.05) is 0 Å². The summed E-state index contributed by atoms with van der Waals surface area (Å²) in [6.45, 7) is 6.70. The molecule has 0 heterocycles. The zero-order chi connectivity index (χ0) is 11.0. The molecule has 1 aromatic carbocycles. The smallest absolute Gasteiger partial charge is 0.0195 e. The van der Waals surface area contributed by atoms with Gasteiger partial charge < -0.3 is 5.73 Å². The fourth-order valence-electron chi connectivity index (χ4n) is 1.80. The molecule has 0 spiro atoms. The van der Waals surface area contributed by atoms with Gasteiger partial charge in [0.15, 0.2) is 0 Å². The first-order chi connectivity index (χ1) is 6.83. The summed E-state index contributed by atoms with van der Waals surface area (Å²) in [5.41, 5.74) is 9.12. The molecule has 1 heteroatoms. The monoisotopic (exact) mass is 193 g/mol. The van der Waals surface area contributed by atoms with Gasteiger partial charge in [-0.3, -0.25) is 0 Å². The third-order valence-electron chi connectivity index (χ3n) is 2.49. The van der Waals surface area contributed by atoms with Gasteiger partial charge >= 0.3 is 0 Å². The van der Waals surface area contributed by atoms with Crippen LogP contribution in [0.15, 0.2) is 18.2 Å². The largest absolute Gasteiger partial charge is 0.333 e. The minimum absolute atomic E-state index is 1.16. The van der Waals surface area contributed by atoms with Crippen LogP contribution in [0.5, 0.6) is 0 Å². The SMILES string of the molecule is CCc1cccc(CC)c1CC.CN. The van der Waals surface area contributed by atoms with Crippen molar-refractivity contribution in [2.75, 3.05) is 7.05 Å². The predicted octanol–water partition coefficient (Wildman–Crippen LogP) is 2.95. The van der Waals surface area contributed by atoms with Crippen LogP contribution in [0.3, 0.4) is 0 Å². The maximum atomic E-state index is 4.50. The lowest BCUT2D eigenvalue weighted by atomic mass is 9.96. The summed E-state index contributed by atoms with van der Waals surface area (Å²) in [5.74, 6) is 0. The highest BCUT2D eigenvalue weighted by Crippen LogP contribution is 2.16. The summed E-state index contributed by atoms with van der Waals surface area (Å²) in [5, 5.41) is 0. The molecule has 0 aliphatic rings. The normalized spacial score (nSPS) is 9.21. The fourth-order valence-corrected chi connectivity index (χ4v) is 1.80. The Morgan fingerprint density at radius 2 is 1.29 bits per heavy atom. The van der Waals surface area contributed by atoms with E-state index in [-0.39, 0.29) is 0 Å². The van der Waals surface area contributed by atoms with Gasteiger partial charge in [0, 0.05) is 0 Å². The lowest BCUT2D eigenvalue weighted by molar-refractivity contribution is 0.981. The molecule has 0 fully saturated rings. The van der Waals surface area contributed by atoms with E-state index in [1.165, 1.54) is 24.6 Å². The molecule has 0 aliphatic carbocycles. The first-order valence-corrected chi connectivity index (χ1v) is 5.50. The minimum atomic E-state index is 1.16. The number of hydrogen-bond donors (Lipinski definition) is 1. The number of rotatable bonds is 3. The highest BCUT2D eigenvalue weighted by Gasteiger charge is 2.02. The summed E-state index contributed by atoms with van der Waals surface area (Å²) in [6.07, 6.45) is 3.50. The molecular weight excluding hydrogens is 170 g/mol. The molecule has 0 aromatic heterocycles. The van der Waals surface area contributed by atoms with E-state index in [0.717, 1.165) is 12.8 Å². The van der Waals surface area contributed by atoms with Gasteiger partial charge in [-0.15, -0.1) is 0 Å². The lowest BCUT2D eigenvalue weighted by Gasteiger charge is -2.10. The fraction of sp³-hybridized carbons (Fsp3) is 0.538. The van der Waals surface area contributed by atoms with Crippen molar-refractivity contribution in [3.8, 4) is 0 Å². The summed E-state index contributed by atoms with van der Waals surface area (Å²) >= 11 is 0. The van der Waals surface area contributed by atoms with Crippen LogP contribution in [0.4, 0.5) is 0 Å². The zero-order valence-corrected chi connectivity index (χ0v) is 9.93. The van der Waals surface area contributed by atoms with Crippen molar-refractivity contribution in [2.45, 2.75) is 40.0 Å². The second-order valence-corrected chi connectivity index (χ2v) is 3.12. The highest BCUT2D eigenvalue weighted by molar-refractivity contribution is 5.35. The summed E-state index contributed by atoms with van der Waals surface area (Å²) in [6, 6.07) is 6.67. The molecule has 0 aliphatic heterocycles. The topological polar surface area (TPSA) is 26.0 Å². The number of aryl methyl sites for hydroxylation is 2. The van der Waals surface area contributed by atoms with E-state index in [2.05, 4.69) is 44.7 Å². The van der Waals surface area contributed by atoms with Crippen molar-refractivity contribution >= 4 is 0 Å². The van der Waals surface area contributed by atoms with E-state index in [9.17, 15) is 0 Å². The van der Waals surface area contributed by atoms with E-state index in [4.69, 9.17) is 0 Å². The van der Waals surface area contributed by atoms with Crippen LogP contribution >= 0.6 is 0 Å². The van der Waals surface area contributed by atoms with Crippen molar-refractivity contribution in [3.05, 3.63) is 34.9 Å². The summed E-state index contributed by atoms with van der Waals surface area (Å²) in [4.78, 5) is 0. The van der Waals surface area contributed by atoms with Crippen LogP contribution in [-0.2, 0) is 19.3 Å². The Morgan fingerprint density at radius 3 is 1.57 bits per heavy atom. The molecule has 0 radical (unpaired) electrons. The molecule has 0 saturated carbocycles. The Bertz CT molecular complexity index is 231. The van der Waals surface area contributed by atoms with Crippen LogP contribution < -0.4 is 5.73 Å². The minimum Gasteiger partial charge on any atom is -0.333 e. The standard InChI is InChI=1S/C12H18.CH5N/c1-4-10-8-7-9-11(5-2)12(10)6-3;1-2/h7-9H,4-6H2,1-3H3;2H2,1H3. The van der Waals surface area contributed by atoms with E-state index < -0.39 is 0 Å². The molecule has 0 unspecified atom stereocenters. The molecule has 2 N–H and O–H groups in total. The molecule has 0 saturated heterocycles. The Labute approximate surface area is 88.3 Å². The first kappa shape index (κ1) is 13.2. The number of nitrogens with two attached hydrogens (primary N) is 1. The van der Waals surface area contributed by atoms with Gasteiger partial charge in [-0.05, 0) is 43.0 Å². The third-order valence-corrected chi connectivity index (χ3v) is 2.49. The average Bonchev–Trinajstić information content (AvgIpc) is 2.30. The van der Waals surface area contributed by atoms with Crippen LogP contribution in [0, 0.1) is 0 Å². The van der Waals surface area contributed by atoms with Gasteiger partial charge in [0.05, 0.1) is 0 Å². The predicted molar refractivity (Wildman–Crippen MR) is 64.7 cm³/mol. The summed E-state index contributed by atoms with van der Waals surface area (Å²) in [7, 11) is 1.50. The van der Waals surface area contributed by atoms with Gasteiger partial charge in [0.25, 0.3) is 0 Å². The first-order valence-electron chi connectivity index (χ1n) is 5.50. The van der Waals surface area contributed by atoms with Gasteiger partial charge in [0.2, 0.25) is 0 Å². The second-order valence-electron chi connectivity index (χ2n) is 3.12.